The highest BCUT2D eigenvalue weighted by molar-refractivity contribution is 5.24. The zero-order chi connectivity index (χ0) is 7.84. The van der Waals surface area contributed by atoms with E-state index in [1.807, 2.05) is 0 Å². The van der Waals surface area contributed by atoms with Crippen LogP contribution in [-0.2, 0) is 0 Å². The lowest BCUT2D eigenvalue weighted by Gasteiger charge is -1.95. The maximum absolute atomic E-state index is 12.6. The number of nitrogens with two attached hydrogens (primary N) is 1. The van der Waals surface area contributed by atoms with Gasteiger partial charge in [0.05, 0.1) is 6.20 Å². The molecule has 2 rings (SSSR count). The molecule has 1 aromatic heterocycles. The van der Waals surface area contributed by atoms with Gasteiger partial charge in [0.1, 0.15) is 5.82 Å². The first-order valence-electron chi connectivity index (χ1n) is 3.63. The Morgan fingerprint density at radius 3 is 2.82 bits per heavy atom. The lowest BCUT2D eigenvalue weighted by molar-refractivity contribution is 0.618. The summed E-state index contributed by atoms with van der Waals surface area (Å²) < 4.78 is 12.6. The van der Waals surface area contributed by atoms with Crippen LogP contribution in [0.25, 0.3) is 0 Å². The molecule has 2 N–H and O–H groups in total. The molecule has 0 aliphatic heterocycles. The van der Waals surface area contributed by atoms with Crippen LogP contribution >= 0.6 is 0 Å². The topological polar surface area (TPSA) is 38.9 Å². The highest BCUT2D eigenvalue weighted by Crippen LogP contribution is 2.38. The summed E-state index contributed by atoms with van der Waals surface area (Å²) in [6.07, 6.45) is 3.85. The van der Waals surface area contributed by atoms with Crippen LogP contribution in [0.1, 0.15) is 17.9 Å². The minimum absolute atomic E-state index is 0.221. The largest absolute Gasteiger partial charge is 0.327 e. The SMILES string of the molecule is N[C@@H]1CC1c1cncc(F)c1. The van der Waals surface area contributed by atoms with Crippen LogP contribution in [0.3, 0.4) is 0 Å². The molecule has 1 fully saturated rings. The van der Waals surface area contributed by atoms with Crippen molar-refractivity contribution in [1.82, 2.24) is 4.98 Å². The summed E-state index contributed by atoms with van der Waals surface area (Å²) in [5.74, 6) is 0.0693. The van der Waals surface area contributed by atoms with Crippen molar-refractivity contribution in [2.75, 3.05) is 0 Å². The number of pyridine rings is 1. The van der Waals surface area contributed by atoms with Crippen molar-refractivity contribution in [3.8, 4) is 0 Å². The molecule has 1 saturated carbocycles. The lowest BCUT2D eigenvalue weighted by Crippen LogP contribution is -2.01. The number of halogens is 1. The van der Waals surface area contributed by atoms with Gasteiger partial charge in [0.15, 0.2) is 0 Å². The van der Waals surface area contributed by atoms with E-state index >= 15 is 0 Å². The Morgan fingerprint density at radius 2 is 2.27 bits per heavy atom. The van der Waals surface area contributed by atoms with E-state index in [1.54, 1.807) is 6.20 Å². The van der Waals surface area contributed by atoms with E-state index in [1.165, 1.54) is 12.3 Å². The van der Waals surface area contributed by atoms with Crippen LogP contribution in [-0.4, -0.2) is 11.0 Å². The van der Waals surface area contributed by atoms with E-state index in [0.717, 1.165) is 12.0 Å². The maximum Gasteiger partial charge on any atom is 0.141 e. The molecule has 2 atom stereocenters. The molecule has 1 aromatic rings. The Hall–Kier alpha value is -0.960. The maximum atomic E-state index is 12.6. The number of nitrogens with zero attached hydrogens (tertiary/aromatic N) is 1. The molecule has 58 valence electrons. The van der Waals surface area contributed by atoms with Crippen LogP contribution in [0.15, 0.2) is 18.5 Å². The normalized spacial score (nSPS) is 28.5. The van der Waals surface area contributed by atoms with E-state index in [9.17, 15) is 4.39 Å². The van der Waals surface area contributed by atoms with Gasteiger partial charge in [0.2, 0.25) is 0 Å². The second-order valence-electron chi connectivity index (χ2n) is 2.94. The molecule has 1 heterocycles. The second-order valence-corrected chi connectivity index (χ2v) is 2.94. The molecule has 1 aliphatic carbocycles. The van der Waals surface area contributed by atoms with Gasteiger partial charge in [-0.1, -0.05) is 0 Å². The molecule has 0 radical (unpaired) electrons. The fourth-order valence-electron chi connectivity index (χ4n) is 1.23. The Labute approximate surface area is 64.2 Å². The highest BCUT2D eigenvalue weighted by Gasteiger charge is 2.35. The summed E-state index contributed by atoms with van der Waals surface area (Å²) in [7, 11) is 0. The fraction of sp³-hybridized carbons (Fsp3) is 0.375. The van der Waals surface area contributed by atoms with Crippen molar-refractivity contribution < 1.29 is 4.39 Å². The van der Waals surface area contributed by atoms with Crippen molar-refractivity contribution in [3.63, 3.8) is 0 Å². The molecule has 2 nitrogen and oxygen atoms in total. The molecule has 3 heteroatoms. The van der Waals surface area contributed by atoms with Gasteiger partial charge in [0.25, 0.3) is 0 Å². The third kappa shape index (κ3) is 1.24. The summed E-state index contributed by atoms with van der Waals surface area (Å²) in [4.78, 5) is 3.75. The summed E-state index contributed by atoms with van der Waals surface area (Å²) >= 11 is 0. The molecule has 1 aliphatic rings. The van der Waals surface area contributed by atoms with E-state index in [0.29, 0.717) is 5.92 Å². The minimum atomic E-state index is -0.276. The first-order chi connectivity index (χ1) is 5.27. The second kappa shape index (κ2) is 2.27. The van der Waals surface area contributed by atoms with Gasteiger partial charge >= 0.3 is 0 Å². The minimum Gasteiger partial charge on any atom is -0.327 e. The lowest BCUT2D eigenvalue weighted by atomic mass is 10.2. The van der Waals surface area contributed by atoms with E-state index in [4.69, 9.17) is 5.73 Å². The first-order valence-corrected chi connectivity index (χ1v) is 3.63. The number of hydrogen-bond donors (Lipinski definition) is 1. The van der Waals surface area contributed by atoms with Crippen molar-refractivity contribution in [2.24, 2.45) is 5.73 Å². The van der Waals surface area contributed by atoms with Gasteiger partial charge in [0, 0.05) is 18.2 Å². The summed E-state index contributed by atoms with van der Waals surface area (Å²) in [6.45, 7) is 0. The predicted molar refractivity (Wildman–Crippen MR) is 39.5 cm³/mol. The summed E-state index contributed by atoms with van der Waals surface area (Å²) in [6, 6.07) is 1.73. The van der Waals surface area contributed by atoms with Crippen LogP contribution in [0.2, 0.25) is 0 Å². The van der Waals surface area contributed by atoms with Crippen molar-refractivity contribution >= 4 is 0 Å². The van der Waals surface area contributed by atoms with Gasteiger partial charge in [-0.2, -0.15) is 0 Å². The zero-order valence-electron chi connectivity index (χ0n) is 6.00. The Balaban J connectivity index is 2.25. The molecule has 0 saturated heterocycles. The predicted octanol–water partition coefficient (Wildman–Crippen LogP) is 1.04. The standard InChI is InChI=1S/C8H9FN2/c9-6-1-5(3-11-4-6)7-2-8(7)10/h1,3-4,7-8H,2,10H2/t7?,8-/m1/s1. The summed E-state index contributed by atoms with van der Waals surface area (Å²) in [5.41, 5.74) is 6.53. The monoisotopic (exact) mass is 152 g/mol. The Morgan fingerprint density at radius 1 is 1.55 bits per heavy atom. The van der Waals surface area contributed by atoms with Gasteiger partial charge in [-0.05, 0) is 18.1 Å². The third-order valence-corrected chi connectivity index (χ3v) is 1.99. The molecule has 0 bridgehead atoms. The zero-order valence-corrected chi connectivity index (χ0v) is 6.00. The molecule has 0 aromatic carbocycles. The molecule has 0 amide bonds. The van der Waals surface area contributed by atoms with Crippen molar-refractivity contribution in [2.45, 2.75) is 18.4 Å². The molecular formula is C8H9FN2. The number of hydrogen-bond acceptors (Lipinski definition) is 2. The average molecular weight is 152 g/mol. The molecule has 11 heavy (non-hydrogen) atoms. The van der Waals surface area contributed by atoms with Gasteiger partial charge in [-0.25, -0.2) is 4.39 Å². The van der Waals surface area contributed by atoms with Crippen LogP contribution in [0.5, 0.6) is 0 Å². The van der Waals surface area contributed by atoms with E-state index in [2.05, 4.69) is 4.98 Å². The van der Waals surface area contributed by atoms with Gasteiger partial charge in [-0.15, -0.1) is 0 Å². The first kappa shape index (κ1) is 6.73. The highest BCUT2D eigenvalue weighted by atomic mass is 19.1. The van der Waals surface area contributed by atoms with Crippen molar-refractivity contribution in [3.05, 3.63) is 29.8 Å². The average Bonchev–Trinajstić information content (AvgIpc) is 2.67. The Bertz CT molecular complexity index is 275. The van der Waals surface area contributed by atoms with Gasteiger partial charge < -0.3 is 5.73 Å². The smallest absolute Gasteiger partial charge is 0.141 e. The van der Waals surface area contributed by atoms with Crippen LogP contribution < -0.4 is 5.73 Å². The quantitative estimate of drug-likeness (QED) is 0.652. The van der Waals surface area contributed by atoms with E-state index < -0.39 is 0 Å². The van der Waals surface area contributed by atoms with Crippen LogP contribution in [0.4, 0.5) is 4.39 Å². The number of rotatable bonds is 1. The van der Waals surface area contributed by atoms with E-state index in [-0.39, 0.29) is 11.9 Å². The summed E-state index contributed by atoms with van der Waals surface area (Å²) in [5, 5.41) is 0. The third-order valence-electron chi connectivity index (χ3n) is 1.99. The molecular weight excluding hydrogens is 143 g/mol. The Kier molecular flexibility index (Phi) is 1.39. The molecule has 1 unspecified atom stereocenters. The van der Waals surface area contributed by atoms with Gasteiger partial charge in [-0.3, -0.25) is 4.98 Å². The fourth-order valence-corrected chi connectivity index (χ4v) is 1.23. The van der Waals surface area contributed by atoms with Crippen LogP contribution in [0, 0.1) is 5.82 Å². The molecule has 0 spiro atoms. The number of aromatic nitrogens is 1. The van der Waals surface area contributed by atoms with Crippen molar-refractivity contribution in [1.29, 1.82) is 0 Å².